The molecule has 5 heterocycles. The van der Waals surface area contributed by atoms with Crippen LogP contribution in [-0.4, -0.2) is 102 Å². The number of aliphatic imine (C=N–C) groups is 1. The summed E-state index contributed by atoms with van der Waals surface area (Å²) in [5.74, 6) is -0.671. The Bertz CT molecular complexity index is 2610. The second-order valence-electron chi connectivity index (χ2n) is 16.9. The smallest absolute Gasteiger partial charge is 0.416 e. The Balaban J connectivity index is 0.966. The number of hydrogen-bond donors (Lipinski definition) is 3. The van der Waals surface area contributed by atoms with Crippen molar-refractivity contribution in [3.05, 3.63) is 115 Å². The zero-order valence-electron chi connectivity index (χ0n) is 39.5. The molecule has 7 rings (SSSR count). The summed E-state index contributed by atoms with van der Waals surface area (Å²) in [7, 11) is 4.97. The lowest BCUT2D eigenvalue weighted by Gasteiger charge is -2.42. The first kappa shape index (κ1) is 49.5. The number of aryl methyl sites for hydroxylation is 2. The van der Waals surface area contributed by atoms with Crippen LogP contribution >= 0.6 is 0 Å². The van der Waals surface area contributed by atoms with Crippen molar-refractivity contribution in [1.82, 2.24) is 19.4 Å². The summed E-state index contributed by atoms with van der Waals surface area (Å²) in [4.78, 5) is 74.9. The maximum Gasteiger partial charge on any atom is 0.416 e. The third-order valence-corrected chi connectivity index (χ3v) is 11.9. The van der Waals surface area contributed by atoms with Crippen LogP contribution in [0.4, 0.5) is 21.9 Å². The monoisotopic (exact) mass is 944 g/mol. The molecule has 2 aromatic heterocycles. The molecule has 69 heavy (non-hydrogen) atoms. The van der Waals surface area contributed by atoms with Crippen LogP contribution in [0.5, 0.6) is 11.5 Å². The molecule has 3 aliphatic rings. The summed E-state index contributed by atoms with van der Waals surface area (Å²) in [6.45, 7) is 10.1. The molecular formula is C51H60N8O10. The van der Waals surface area contributed by atoms with E-state index in [1.54, 1.807) is 83.7 Å². The number of piperidine rings is 1. The molecule has 4 aromatic rings. The number of nitrogens with one attached hydrogen (secondary N) is 3. The fourth-order valence-corrected chi connectivity index (χ4v) is 8.57. The van der Waals surface area contributed by atoms with Crippen LogP contribution in [0.25, 0.3) is 11.1 Å². The maximum atomic E-state index is 14.3. The van der Waals surface area contributed by atoms with Crippen LogP contribution in [-0.2, 0) is 33.1 Å². The second-order valence-corrected chi connectivity index (χ2v) is 16.9. The van der Waals surface area contributed by atoms with Crippen LogP contribution in [0, 0.1) is 0 Å². The average Bonchev–Trinajstić information content (AvgIpc) is 3.91. The van der Waals surface area contributed by atoms with E-state index < -0.39 is 24.7 Å². The summed E-state index contributed by atoms with van der Waals surface area (Å²) in [6, 6.07) is 13.3. The van der Waals surface area contributed by atoms with Gasteiger partial charge in [0.25, 0.3) is 17.7 Å². The van der Waals surface area contributed by atoms with Crippen molar-refractivity contribution in [2.75, 3.05) is 49.0 Å². The molecule has 3 aliphatic heterocycles. The summed E-state index contributed by atoms with van der Waals surface area (Å²) in [5, 5.41) is 8.59. The maximum absolute atomic E-state index is 14.3. The number of aromatic nitrogens is 2. The lowest BCUT2D eigenvalue weighted by atomic mass is 10.00. The molecule has 18 heteroatoms. The molecule has 3 N–H and O–H groups in total. The zero-order chi connectivity index (χ0) is 49.0. The highest BCUT2D eigenvalue weighted by molar-refractivity contribution is 6.06. The number of hydrogen-bond acceptors (Lipinski definition) is 11. The van der Waals surface area contributed by atoms with Gasteiger partial charge in [-0.15, -0.1) is 0 Å². The molecule has 5 amide bonds. The summed E-state index contributed by atoms with van der Waals surface area (Å²) in [6.07, 6.45) is 12.5. The Hall–Kier alpha value is -7.44. The highest BCUT2D eigenvalue weighted by Gasteiger charge is 2.47. The average molecular weight is 945 g/mol. The Morgan fingerprint density at radius 1 is 0.884 bits per heavy atom. The van der Waals surface area contributed by atoms with Crippen LogP contribution in [0.2, 0.25) is 0 Å². The van der Waals surface area contributed by atoms with Crippen molar-refractivity contribution in [3.63, 3.8) is 0 Å². The molecule has 0 saturated carbocycles. The molecule has 0 aliphatic carbocycles. The van der Waals surface area contributed by atoms with Gasteiger partial charge in [-0.25, -0.2) is 9.69 Å². The first-order valence-electron chi connectivity index (χ1n) is 23.1. The summed E-state index contributed by atoms with van der Waals surface area (Å²) < 4.78 is 33.4. The second kappa shape index (κ2) is 23.0. The number of amides is 5. The molecule has 0 spiro atoms. The number of methoxy groups -OCH3 is 1. The van der Waals surface area contributed by atoms with Gasteiger partial charge in [-0.2, -0.15) is 0 Å². The quantitative estimate of drug-likeness (QED) is 0.0501. The minimum atomic E-state index is -0.906. The third kappa shape index (κ3) is 12.0. The van der Waals surface area contributed by atoms with Crippen molar-refractivity contribution in [2.24, 2.45) is 19.1 Å². The number of allylic oxidation sites excluding steroid dienone is 2. The fraction of sp³-hybridized carbons (Fsp3) is 0.373. The van der Waals surface area contributed by atoms with Gasteiger partial charge in [0.05, 0.1) is 36.7 Å². The van der Waals surface area contributed by atoms with Gasteiger partial charge in [-0.3, -0.25) is 24.2 Å². The van der Waals surface area contributed by atoms with Crippen molar-refractivity contribution in [2.45, 2.75) is 76.9 Å². The van der Waals surface area contributed by atoms with E-state index in [0.717, 1.165) is 36.8 Å². The number of carbonyl (C=O) groups is 5. The van der Waals surface area contributed by atoms with Crippen LogP contribution < -0.4 is 30.3 Å². The van der Waals surface area contributed by atoms with E-state index in [-0.39, 0.29) is 66.0 Å². The number of anilines is 3. The van der Waals surface area contributed by atoms with E-state index in [1.807, 2.05) is 18.3 Å². The van der Waals surface area contributed by atoms with Gasteiger partial charge in [0, 0.05) is 81.5 Å². The van der Waals surface area contributed by atoms with Gasteiger partial charge < -0.3 is 53.7 Å². The summed E-state index contributed by atoms with van der Waals surface area (Å²) >= 11 is 0. The van der Waals surface area contributed by atoms with Crippen LogP contribution in [0.1, 0.15) is 89.6 Å². The number of fused-ring (bicyclic) bond motifs is 2. The number of nitrogens with zero attached hydrogens (tertiary/aromatic N) is 5. The number of rotatable bonds is 18. The minimum absolute atomic E-state index is 0.0531. The van der Waals surface area contributed by atoms with E-state index in [2.05, 4.69) is 34.1 Å². The third-order valence-electron chi connectivity index (χ3n) is 11.9. The van der Waals surface area contributed by atoms with Gasteiger partial charge in [-0.05, 0) is 87.8 Å². The topological polar surface area (TPSA) is 196 Å². The molecule has 2 fully saturated rings. The zero-order valence-corrected chi connectivity index (χ0v) is 39.5. The van der Waals surface area contributed by atoms with Crippen molar-refractivity contribution < 1.29 is 47.7 Å². The molecule has 364 valence electrons. The van der Waals surface area contributed by atoms with E-state index in [1.165, 1.54) is 30.5 Å². The Morgan fingerprint density at radius 2 is 1.65 bits per heavy atom. The standard InChI is InChI=1S/C51H60N8O10/c1-7-21-52-30-33(3)53-47(61)41-26-35(31-56(41)4)34-17-19-36(20-18-34)55-48(62)42-27-37(32-57(42)5)54-45(60)15-13-25-66-44-29-40-38(28-43(44)65-6)49(63)58-22-11-9-14-39(58)50(59(40)51(64)68-23-8-2)69-46-16-10-12-24-67-46/h7-8,17-21,26-32,39,46,50H,1-2,9-16,22-25H2,3-6H3,(H,53,61)(H,54,60)(H,55,62)/b33-30+,52-21-/t39-,46?,50?/m0/s1. The molecule has 2 saturated heterocycles. The minimum Gasteiger partial charge on any atom is -0.493 e. The van der Waals surface area contributed by atoms with Gasteiger partial charge in [-0.1, -0.05) is 37.4 Å². The molecule has 3 atom stereocenters. The van der Waals surface area contributed by atoms with Gasteiger partial charge in [0.2, 0.25) is 5.91 Å². The van der Waals surface area contributed by atoms with Crippen molar-refractivity contribution in [1.29, 1.82) is 0 Å². The normalized spacial score (nSPS) is 18.1. The van der Waals surface area contributed by atoms with E-state index in [0.29, 0.717) is 60.9 Å². The lowest BCUT2D eigenvalue weighted by molar-refractivity contribution is -0.198. The molecule has 2 aromatic carbocycles. The number of benzene rings is 2. The van der Waals surface area contributed by atoms with Gasteiger partial charge in [0.1, 0.15) is 18.0 Å². The highest BCUT2D eigenvalue weighted by atomic mass is 16.7. The van der Waals surface area contributed by atoms with Crippen LogP contribution in [0.15, 0.2) is 103 Å². The van der Waals surface area contributed by atoms with E-state index in [9.17, 15) is 24.0 Å². The lowest BCUT2D eigenvalue weighted by Crippen LogP contribution is -2.57. The number of carbonyl (C=O) groups excluding carboxylic acids is 5. The SMILES string of the molecule is C=C/C=N\C=C(/C)NC(=O)c1cc(-c2ccc(NC(=O)c3cc(NC(=O)CCCOc4cc5c(cc4OC)C(=O)N4CCCC[C@H]4C(OC4CCCCO4)N5C(=O)OCC=C)cn3C)cc2)cn1C. The predicted octanol–water partition coefficient (Wildman–Crippen LogP) is 7.94. The summed E-state index contributed by atoms with van der Waals surface area (Å²) in [5.41, 5.74) is 4.52. The Morgan fingerprint density at radius 3 is 2.39 bits per heavy atom. The van der Waals surface area contributed by atoms with Crippen molar-refractivity contribution in [3.8, 4) is 22.6 Å². The van der Waals surface area contributed by atoms with E-state index in [4.69, 9.17) is 23.7 Å². The predicted molar refractivity (Wildman–Crippen MR) is 262 cm³/mol. The van der Waals surface area contributed by atoms with Crippen molar-refractivity contribution >= 4 is 53.0 Å². The Labute approximate surface area is 401 Å². The van der Waals surface area contributed by atoms with Gasteiger partial charge in [0.15, 0.2) is 24.0 Å². The fourth-order valence-electron chi connectivity index (χ4n) is 8.57. The molecule has 2 unspecified atom stereocenters. The molecule has 0 bridgehead atoms. The first-order chi connectivity index (χ1) is 33.4. The van der Waals surface area contributed by atoms with Crippen LogP contribution in [0.3, 0.4) is 0 Å². The molecule has 18 nitrogen and oxygen atoms in total. The Kier molecular flexibility index (Phi) is 16.5. The molecular weight excluding hydrogens is 885 g/mol. The van der Waals surface area contributed by atoms with E-state index >= 15 is 0 Å². The molecule has 0 radical (unpaired) electrons. The first-order valence-corrected chi connectivity index (χ1v) is 23.1. The van der Waals surface area contributed by atoms with Gasteiger partial charge >= 0.3 is 6.09 Å². The largest absolute Gasteiger partial charge is 0.493 e. The highest BCUT2D eigenvalue weighted by Crippen LogP contribution is 2.42. The number of ether oxygens (including phenoxy) is 5.